The molecule has 1 N–H and O–H groups in total. The summed E-state index contributed by atoms with van der Waals surface area (Å²) in [7, 11) is 1.43. The molecule has 0 bridgehead atoms. The summed E-state index contributed by atoms with van der Waals surface area (Å²) in [5, 5.41) is 3.18. The van der Waals surface area contributed by atoms with Crippen LogP contribution in [-0.2, 0) is 14.3 Å². The molecule has 2 amide bonds. The van der Waals surface area contributed by atoms with Gasteiger partial charge in [0.15, 0.2) is 0 Å². The first kappa shape index (κ1) is 26.0. The molecule has 1 aromatic rings. The van der Waals surface area contributed by atoms with Gasteiger partial charge in [0.05, 0.1) is 7.11 Å². The van der Waals surface area contributed by atoms with Gasteiger partial charge in [0.1, 0.15) is 5.60 Å². The van der Waals surface area contributed by atoms with E-state index >= 15 is 0 Å². The van der Waals surface area contributed by atoms with Crippen LogP contribution in [0.1, 0.15) is 94.0 Å². The largest absolute Gasteiger partial charge is 0.469 e. The number of carbonyl (C=O) groups is 3. The van der Waals surface area contributed by atoms with Crippen LogP contribution in [0.3, 0.4) is 0 Å². The van der Waals surface area contributed by atoms with Gasteiger partial charge in [0.25, 0.3) is 5.91 Å². The predicted octanol–water partition coefficient (Wildman–Crippen LogP) is 5.04. The summed E-state index contributed by atoms with van der Waals surface area (Å²) in [6.07, 6.45) is 6.85. The minimum atomic E-state index is -0.478. The number of nitrogens with zero attached hydrogens (tertiary/aromatic N) is 1. The molecule has 1 saturated heterocycles. The quantitative estimate of drug-likeness (QED) is 0.586. The molecule has 34 heavy (non-hydrogen) atoms. The number of amides is 2. The van der Waals surface area contributed by atoms with E-state index in [-0.39, 0.29) is 24.0 Å². The zero-order valence-electron chi connectivity index (χ0n) is 21.1. The molecule has 1 aliphatic heterocycles. The predicted molar refractivity (Wildman–Crippen MR) is 131 cm³/mol. The third-order valence-corrected chi connectivity index (χ3v) is 6.96. The van der Waals surface area contributed by atoms with Crippen LogP contribution in [0.25, 0.3) is 0 Å². The van der Waals surface area contributed by atoms with Gasteiger partial charge in [0.2, 0.25) is 0 Å². The first-order valence-electron chi connectivity index (χ1n) is 12.6. The highest BCUT2D eigenvalue weighted by Gasteiger charge is 2.28. The van der Waals surface area contributed by atoms with E-state index in [1.807, 2.05) is 45.0 Å². The monoisotopic (exact) mass is 472 g/mol. The van der Waals surface area contributed by atoms with Crippen molar-refractivity contribution < 1.29 is 23.9 Å². The molecule has 1 aliphatic carbocycles. The SMILES string of the molecule is COC(=O)CC[C@H]1CC[C@H](NC(=O)c2ccc(C3CCN(C(=O)OC(C)(C)C)CC3)cc2)CC1. The van der Waals surface area contributed by atoms with Crippen molar-refractivity contribution in [1.29, 1.82) is 0 Å². The Bertz CT molecular complexity index is 830. The Balaban J connectivity index is 1.42. The van der Waals surface area contributed by atoms with Gasteiger partial charge in [-0.3, -0.25) is 9.59 Å². The van der Waals surface area contributed by atoms with E-state index in [0.717, 1.165) is 44.9 Å². The Morgan fingerprint density at radius 1 is 0.971 bits per heavy atom. The van der Waals surface area contributed by atoms with E-state index in [1.165, 1.54) is 12.7 Å². The molecule has 0 atom stereocenters. The number of carbonyl (C=O) groups excluding carboxylic acids is 3. The topological polar surface area (TPSA) is 84.9 Å². The van der Waals surface area contributed by atoms with Gasteiger partial charge >= 0.3 is 12.1 Å². The number of benzene rings is 1. The van der Waals surface area contributed by atoms with Gasteiger partial charge in [0, 0.05) is 31.1 Å². The van der Waals surface area contributed by atoms with Crippen molar-refractivity contribution in [2.24, 2.45) is 5.92 Å². The Kier molecular flexibility index (Phi) is 8.97. The van der Waals surface area contributed by atoms with E-state index < -0.39 is 5.60 Å². The van der Waals surface area contributed by atoms with Crippen LogP contribution < -0.4 is 5.32 Å². The van der Waals surface area contributed by atoms with Crippen LogP contribution in [0, 0.1) is 5.92 Å². The van der Waals surface area contributed by atoms with E-state index in [9.17, 15) is 14.4 Å². The first-order valence-corrected chi connectivity index (χ1v) is 12.6. The fraction of sp³-hybridized carbons (Fsp3) is 0.667. The van der Waals surface area contributed by atoms with E-state index in [2.05, 4.69) is 5.32 Å². The molecule has 1 saturated carbocycles. The van der Waals surface area contributed by atoms with Crippen LogP contribution >= 0.6 is 0 Å². The lowest BCUT2D eigenvalue weighted by Crippen LogP contribution is -2.41. The molecular weight excluding hydrogens is 432 g/mol. The smallest absolute Gasteiger partial charge is 0.410 e. The molecule has 0 unspecified atom stereocenters. The fourth-order valence-corrected chi connectivity index (χ4v) is 4.92. The second-order valence-electron chi connectivity index (χ2n) is 10.7. The van der Waals surface area contributed by atoms with Gasteiger partial charge < -0.3 is 19.7 Å². The van der Waals surface area contributed by atoms with Crippen molar-refractivity contribution >= 4 is 18.0 Å². The summed E-state index contributed by atoms with van der Waals surface area (Å²) in [4.78, 5) is 38.1. The Hall–Kier alpha value is -2.57. The molecular formula is C27H40N2O5. The first-order chi connectivity index (χ1) is 16.1. The number of hydrogen-bond acceptors (Lipinski definition) is 5. The maximum atomic E-state index is 12.7. The number of methoxy groups -OCH3 is 1. The highest BCUT2D eigenvalue weighted by atomic mass is 16.6. The van der Waals surface area contributed by atoms with E-state index in [1.54, 1.807) is 4.90 Å². The van der Waals surface area contributed by atoms with Gasteiger partial charge in [-0.25, -0.2) is 4.79 Å². The van der Waals surface area contributed by atoms with Crippen LogP contribution in [0.2, 0.25) is 0 Å². The zero-order chi connectivity index (χ0) is 24.7. The average Bonchev–Trinajstić information content (AvgIpc) is 2.82. The van der Waals surface area contributed by atoms with Crippen molar-refractivity contribution in [3.8, 4) is 0 Å². The second-order valence-corrected chi connectivity index (χ2v) is 10.7. The van der Waals surface area contributed by atoms with Gasteiger partial charge in [-0.05, 0) is 95.2 Å². The summed E-state index contributed by atoms with van der Waals surface area (Å²) in [6.45, 7) is 7.02. The van der Waals surface area contributed by atoms with Crippen molar-refractivity contribution in [2.75, 3.05) is 20.2 Å². The van der Waals surface area contributed by atoms with Crippen molar-refractivity contribution in [2.45, 2.75) is 89.7 Å². The standard InChI is InChI=1S/C27H40N2O5/c1-27(2,3)34-26(32)29-17-15-21(16-18-29)20-8-10-22(11-9-20)25(31)28-23-12-5-19(6-13-23)7-14-24(30)33-4/h8-11,19,21,23H,5-7,12-18H2,1-4H3,(H,28,31)/t19-,23-. The molecule has 2 fully saturated rings. The van der Waals surface area contributed by atoms with Crippen LogP contribution in [0.15, 0.2) is 24.3 Å². The third kappa shape index (κ3) is 7.74. The number of nitrogens with one attached hydrogen (secondary N) is 1. The van der Waals surface area contributed by atoms with E-state index in [4.69, 9.17) is 9.47 Å². The lowest BCUT2D eigenvalue weighted by Gasteiger charge is -2.33. The third-order valence-electron chi connectivity index (χ3n) is 6.96. The molecule has 0 spiro atoms. The summed E-state index contributed by atoms with van der Waals surface area (Å²) >= 11 is 0. The molecule has 1 aromatic carbocycles. The average molecular weight is 473 g/mol. The van der Waals surface area contributed by atoms with Crippen molar-refractivity contribution in [3.63, 3.8) is 0 Å². The van der Waals surface area contributed by atoms with E-state index in [0.29, 0.717) is 36.9 Å². The summed E-state index contributed by atoms with van der Waals surface area (Å²) in [5.74, 6) is 0.751. The number of rotatable bonds is 6. The minimum absolute atomic E-state index is 0.0238. The Labute approximate surface area is 203 Å². The molecule has 3 rings (SSSR count). The lowest BCUT2D eigenvalue weighted by atomic mass is 9.83. The molecule has 0 aromatic heterocycles. The van der Waals surface area contributed by atoms with Gasteiger partial charge in [-0.1, -0.05) is 12.1 Å². The Morgan fingerprint density at radius 3 is 2.15 bits per heavy atom. The molecule has 7 heteroatoms. The van der Waals surface area contributed by atoms with Crippen LogP contribution in [-0.4, -0.2) is 54.7 Å². The number of hydrogen-bond donors (Lipinski definition) is 1. The second kappa shape index (κ2) is 11.7. The summed E-state index contributed by atoms with van der Waals surface area (Å²) in [5.41, 5.74) is 1.42. The number of likely N-dealkylation sites (tertiary alicyclic amines) is 1. The zero-order valence-corrected chi connectivity index (χ0v) is 21.1. The highest BCUT2D eigenvalue weighted by Crippen LogP contribution is 2.30. The molecule has 188 valence electrons. The summed E-state index contributed by atoms with van der Waals surface area (Å²) < 4.78 is 10.2. The maximum Gasteiger partial charge on any atom is 0.410 e. The normalized spacial score (nSPS) is 21.6. The lowest BCUT2D eigenvalue weighted by molar-refractivity contribution is -0.141. The molecule has 0 radical (unpaired) electrons. The van der Waals surface area contributed by atoms with Crippen LogP contribution in [0.4, 0.5) is 4.79 Å². The molecule has 2 aliphatic rings. The Morgan fingerprint density at radius 2 is 1.59 bits per heavy atom. The number of ether oxygens (including phenoxy) is 2. The number of piperidine rings is 1. The van der Waals surface area contributed by atoms with Gasteiger partial charge in [-0.2, -0.15) is 0 Å². The molecule has 7 nitrogen and oxygen atoms in total. The maximum absolute atomic E-state index is 12.7. The number of esters is 1. The van der Waals surface area contributed by atoms with Gasteiger partial charge in [-0.15, -0.1) is 0 Å². The molecule has 1 heterocycles. The highest BCUT2D eigenvalue weighted by molar-refractivity contribution is 5.94. The van der Waals surface area contributed by atoms with Crippen molar-refractivity contribution in [1.82, 2.24) is 10.2 Å². The minimum Gasteiger partial charge on any atom is -0.469 e. The summed E-state index contributed by atoms with van der Waals surface area (Å²) in [6, 6.07) is 8.11. The van der Waals surface area contributed by atoms with Crippen molar-refractivity contribution in [3.05, 3.63) is 35.4 Å². The van der Waals surface area contributed by atoms with Crippen LogP contribution in [0.5, 0.6) is 0 Å². The fourth-order valence-electron chi connectivity index (χ4n) is 4.92.